The van der Waals surface area contributed by atoms with Crippen molar-refractivity contribution in [2.75, 3.05) is 6.54 Å². The number of aryl methyl sites for hydroxylation is 1. The number of halogens is 1. The molecule has 0 bridgehead atoms. The minimum absolute atomic E-state index is 0.118. The second-order valence-electron chi connectivity index (χ2n) is 6.64. The van der Waals surface area contributed by atoms with Crippen molar-refractivity contribution in [1.29, 1.82) is 0 Å². The molecule has 112 valence electrons. The summed E-state index contributed by atoms with van der Waals surface area (Å²) in [6, 6.07) is 5.81. The molecule has 0 saturated heterocycles. The van der Waals surface area contributed by atoms with Crippen LogP contribution in [0, 0.1) is 24.6 Å². The molecule has 2 atom stereocenters. The van der Waals surface area contributed by atoms with Crippen LogP contribution in [0.1, 0.15) is 50.7 Å². The zero-order valence-corrected chi connectivity index (χ0v) is 13.1. The summed E-state index contributed by atoms with van der Waals surface area (Å²) in [6.07, 6.45) is 6.48. The van der Waals surface area contributed by atoms with E-state index in [2.05, 4.69) is 19.2 Å². The lowest BCUT2D eigenvalue weighted by molar-refractivity contribution is 0.224. The van der Waals surface area contributed by atoms with Gasteiger partial charge in [0.15, 0.2) is 0 Å². The zero-order valence-electron chi connectivity index (χ0n) is 13.1. The van der Waals surface area contributed by atoms with Gasteiger partial charge in [0.05, 0.1) is 0 Å². The van der Waals surface area contributed by atoms with Crippen molar-refractivity contribution < 1.29 is 4.39 Å². The van der Waals surface area contributed by atoms with Gasteiger partial charge in [-0.25, -0.2) is 4.39 Å². The Morgan fingerprint density at radius 3 is 2.55 bits per heavy atom. The summed E-state index contributed by atoms with van der Waals surface area (Å²) >= 11 is 0. The van der Waals surface area contributed by atoms with Crippen molar-refractivity contribution in [3.05, 3.63) is 35.1 Å². The fourth-order valence-corrected chi connectivity index (χ4v) is 3.38. The lowest BCUT2D eigenvalue weighted by atomic mass is 9.75. The standard InChI is InChI=1S/C18H28FN/c1-13(2)20-12-17-7-5-4-6-16(17)11-15-8-9-18(19)10-14(15)3/h8-10,13,16-17,20H,4-7,11-12H2,1-3H3. The minimum atomic E-state index is -0.118. The molecule has 1 N–H and O–H groups in total. The minimum Gasteiger partial charge on any atom is -0.314 e. The highest BCUT2D eigenvalue weighted by Crippen LogP contribution is 2.33. The summed E-state index contributed by atoms with van der Waals surface area (Å²) in [5.74, 6) is 1.41. The molecule has 0 spiro atoms. The van der Waals surface area contributed by atoms with Gasteiger partial charge in [-0.3, -0.25) is 0 Å². The fourth-order valence-electron chi connectivity index (χ4n) is 3.38. The highest BCUT2D eigenvalue weighted by Gasteiger charge is 2.25. The maximum atomic E-state index is 13.2. The molecular formula is C18H28FN. The highest BCUT2D eigenvalue weighted by molar-refractivity contribution is 5.27. The van der Waals surface area contributed by atoms with E-state index in [0.717, 1.165) is 30.4 Å². The molecule has 1 aliphatic carbocycles. The first-order chi connectivity index (χ1) is 9.56. The van der Waals surface area contributed by atoms with Crippen LogP contribution in [0.4, 0.5) is 4.39 Å². The number of nitrogens with one attached hydrogen (secondary N) is 1. The Morgan fingerprint density at radius 1 is 1.20 bits per heavy atom. The van der Waals surface area contributed by atoms with E-state index >= 15 is 0 Å². The Labute approximate surface area is 123 Å². The van der Waals surface area contributed by atoms with E-state index in [1.807, 2.05) is 13.0 Å². The molecule has 1 fully saturated rings. The predicted molar refractivity (Wildman–Crippen MR) is 83.4 cm³/mol. The summed E-state index contributed by atoms with van der Waals surface area (Å²) in [7, 11) is 0. The number of benzene rings is 1. The Kier molecular flexibility index (Phi) is 5.59. The van der Waals surface area contributed by atoms with Crippen LogP contribution >= 0.6 is 0 Å². The van der Waals surface area contributed by atoms with E-state index in [0.29, 0.717) is 6.04 Å². The van der Waals surface area contributed by atoms with Crippen LogP contribution in [-0.4, -0.2) is 12.6 Å². The molecule has 2 rings (SSSR count). The van der Waals surface area contributed by atoms with E-state index in [1.54, 1.807) is 12.1 Å². The van der Waals surface area contributed by atoms with Crippen LogP contribution in [0.3, 0.4) is 0 Å². The highest BCUT2D eigenvalue weighted by atomic mass is 19.1. The van der Waals surface area contributed by atoms with Gasteiger partial charge >= 0.3 is 0 Å². The Hall–Kier alpha value is -0.890. The molecule has 2 unspecified atom stereocenters. The number of rotatable bonds is 5. The molecule has 1 aliphatic rings. The van der Waals surface area contributed by atoms with Crippen LogP contribution in [0.5, 0.6) is 0 Å². The van der Waals surface area contributed by atoms with Crippen molar-refractivity contribution in [2.45, 2.75) is 58.9 Å². The lowest BCUT2D eigenvalue weighted by Gasteiger charge is -2.33. The van der Waals surface area contributed by atoms with E-state index in [9.17, 15) is 4.39 Å². The summed E-state index contributed by atoms with van der Waals surface area (Å²) in [5, 5.41) is 3.59. The number of hydrogen-bond acceptors (Lipinski definition) is 1. The average molecular weight is 277 g/mol. The molecule has 0 amide bonds. The molecule has 1 saturated carbocycles. The maximum absolute atomic E-state index is 13.2. The molecule has 2 heteroatoms. The predicted octanol–water partition coefficient (Wildman–Crippen LogP) is 4.48. The van der Waals surface area contributed by atoms with Crippen LogP contribution in [-0.2, 0) is 6.42 Å². The monoisotopic (exact) mass is 277 g/mol. The number of hydrogen-bond donors (Lipinski definition) is 1. The molecule has 0 aliphatic heterocycles. The molecule has 0 aromatic heterocycles. The molecule has 1 aromatic carbocycles. The third kappa shape index (κ3) is 4.31. The zero-order chi connectivity index (χ0) is 14.5. The van der Waals surface area contributed by atoms with E-state index in [-0.39, 0.29) is 5.82 Å². The second kappa shape index (κ2) is 7.21. The van der Waals surface area contributed by atoms with Crippen molar-refractivity contribution >= 4 is 0 Å². The smallest absolute Gasteiger partial charge is 0.123 e. The SMILES string of the molecule is Cc1cc(F)ccc1CC1CCCCC1CNC(C)C. The first kappa shape index (κ1) is 15.5. The fraction of sp³-hybridized carbons (Fsp3) is 0.667. The molecular weight excluding hydrogens is 249 g/mol. The van der Waals surface area contributed by atoms with Gasteiger partial charge in [-0.15, -0.1) is 0 Å². The average Bonchev–Trinajstić information content (AvgIpc) is 2.41. The van der Waals surface area contributed by atoms with Gasteiger partial charge < -0.3 is 5.32 Å². The molecule has 20 heavy (non-hydrogen) atoms. The van der Waals surface area contributed by atoms with Gasteiger partial charge in [-0.2, -0.15) is 0 Å². The van der Waals surface area contributed by atoms with Gasteiger partial charge in [0.1, 0.15) is 5.82 Å². The summed E-state index contributed by atoms with van der Waals surface area (Å²) in [4.78, 5) is 0. The maximum Gasteiger partial charge on any atom is 0.123 e. The van der Waals surface area contributed by atoms with Gasteiger partial charge in [0.25, 0.3) is 0 Å². The Balaban J connectivity index is 2.00. The van der Waals surface area contributed by atoms with Crippen molar-refractivity contribution in [3.8, 4) is 0 Å². The van der Waals surface area contributed by atoms with Gasteiger partial charge in [-0.1, -0.05) is 32.8 Å². The van der Waals surface area contributed by atoms with Gasteiger partial charge in [-0.05, 0) is 67.8 Å². The molecule has 1 aromatic rings. The van der Waals surface area contributed by atoms with E-state index < -0.39 is 0 Å². The first-order valence-electron chi connectivity index (χ1n) is 8.04. The third-order valence-electron chi connectivity index (χ3n) is 4.64. The first-order valence-corrected chi connectivity index (χ1v) is 8.04. The summed E-state index contributed by atoms with van der Waals surface area (Å²) < 4.78 is 13.2. The van der Waals surface area contributed by atoms with Gasteiger partial charge in [0, 0.05) is 6.04 Å². The van der Waals surface area contributed by atoms with Crippen LogP contribution in [0.2, 0.25) is 0 Å². The third-order valence-corrected chi connectivity index (χ3v) is 4.64. The Bertz CT molecular complexity index is 427. The van der Waals surface area contributed by atoms with Crippen LogP contribution in [0.25, 0.3) is 0 Å². The van der Waals surface area contributed by atoms with Gasteiger partial charge in [0.2, 0.25) is 0 Å². The van der Waals surface area contributed by atoms with Crippen molar-refractivity contribution in [2.24, 2.45) is 11.8 Å². The lowest BCUT2D eigenvalue weighted by Crippen LogP contribution is -2.35. The van der Waals surface area contributed by atoms with Crippen LogP contribution in [0.15, 0.2) is 18.2 Å². The topological polar surface area (TPSA) is 12.0 Å². The normalized spacial score (nSPS) is 23.2. The molecule has 1 nitrogen and oxygen atoms in total. The molecule has 0 radical (unpaired) electrons. The van der Waals surface area contributed by atoms with E-state index in [1.165, 1.54) is 31.2 Å². The molecule has 0 heterocycles. The summed E-state index contributed by atoms with van der Waals surface area (Å²) in [6.45, 7) is 7.58. The Morgan fingerprint density at radius 2 is 1.90 bits per heavy atom. The largest absolute Gasteiger partial charge is 0.314 e. The quantitative estimate of drug-likeness (QED) is 0.836. The summed E-state index contributed by atoms with van der Waals surface area (Å²) in [5.41, 5.74) is 2.43. The van der Waals surface area contributed by atoms with Crippen molar-refractivity contribution in [3.63, 3.8) is 0 Å². The second-order valence-corrected chi connectivity index (χ2v) is 6.64. The van der Waals surface area contributed by atoms with Crippen LogP contribution < -0.4 is 5.32 Å². The van der Waals surface area contributed by atoms with E-state index in [4.69, 9.17) is 0 Å². The van der Waals surface area contributed by atoms with Crippen molar-refractivity contribution in [1.82, 2.24) is 5.32 Å².